The van der Waals surface area contributed by atoms with Crippen molar-refractivity contribution in [2.75, 3.05) is 17.5 Å². The lowest BCUT2D eigenvalue weighted by atomic mass is 10.1. The van der Waals surface area contributed by atoms with Crippen LogP contribution >= 0.6 is 0 Å². The van der Waals surface area contributed by atoms with Gasteiger partial charge in [0, 0.05) is 25.4 Å². The van der Waals surface area contributed by atoms with Crippen LogP contribution in [0, 0.1) is 18.6 Å². The van der Waals surface area contributed by atoms with Crippen LogP contribution in [0.15, 0.2) is 59.2 Å². The number of nitrogens with zero attached hydrogens (tertiary/aromatic N) is 1. The van der Waals surface area contributed by atoms with E-state index in [9.17, 15) is 32.8 Å². The standard InChI is InChI=1S/C17H22N4O6S.C7H6F2/c1-28(26)21-17-20-12(10-27-17)16(25)19-9-14(23)13(22)7-15(24)18-8-11-5-3-2-4-6-11;1-5-2-6(8)4-7(9)3-5/h2-6,10,13-14,22-23H,7-9H2,1H3,(H,18,24)(H,19,25)(H,20,21);2-4H,1H3. The summed E-state index contributed by atoms with van der Waals surface area (Å²) >= 11 is 0. The molecular weight excluding hydrogens is 510 g/mol. The van der Waals surface area contributed by atoms with E-state index in [1.54, 1.807) is 6.92 Å². The van der Waals surface area contributed by atoms with Crippen LogP contribution in [-0.4, -0.2) is 56.2 Å². The Balaban J connectivity index is 0.000000449. The summed E-state index contributed by atoms with van der Waals surface area (Å²) in [5.74, 6) is -2.13. The predicted molar refractivity (Wildman–Crippen MR) is 133 cm³/mol. The first-order valence-electron chi connectivity index (χ1n) is 11.0. The fourth-order valence-corrected chi connectivity index (χ4v) is 3.20. The lowest BCUT2D eigenvalue weighted by Crippen LogP contribution is -2.41. The van der Waals surface area contributed by atoms with Crippen LogP contribution in [0.5, 0.6) is 0 Å². The van der Waals surface area contributed by atoms with E-state index in [-0.39, 0.29) is 24.7 Å². The number of rotatable bonds is 10. The van der Waals surface area contributed by atoms with Gasteiger partial charge in [-0.05, 0) is 30.2 Å². The number of hydrogen-bond donors (Lipinski definition) is 5. The van der Waals surface area contributed by atoms with Crippen LogP contribution in [0.2, 0.25) is 0 Å². The Morgan fingerprint density at radius 2 is 1.70 bits per heavy atom. The fraction of sp³-hybridized carbons (Fsp3) is 0.292. The van der Waals surface area contributed by atoms with Crippen LogP contribution < -0.4 is 15.4 Å². The molecule has 0 bridgehead atoms. The zero-order valence-corrected chi connectivity index (χ0v) is 20.9. The van der Waals surface area contributed by atoms with Gasteiger partial charge in [0.05, 0.1) is 18.6 Å². The lowest BCUT2D eigenvalue weighted by molar-refractivity contribution is -0.124. The molecule has 1 aromatic heterocycles. The summed E-state index contributed by atoms with van der Waals surface area (Å²) in [5.41, 5.74) is 1.43. The molecule has 3 aromatic rings. The number of benzene rings is 2. The van der Waals surface area contributed by atoms with Gasteiger partial charge in [0.15, 0.2) is 5.69 Å². The Morgan fingerprint density at radius 3 is 2.30 bits per heavy atom. The Kier molecular flexibility index (Phi) is 11.8. The monoisotopic (exact) mass is 538 g/mol. The summed E-state index contributed by atoms with van der Waals surface area (Å²) in [6.45, 7) is 1.66. The molecule has 37 heavy (non-hydrogen) atoms. The molecule has 3 atom stereocenters. The van der Waals surface area contributed by atoms with Gasteiger partial charge in [0.2, 0.25) is 5.91 Å². The summed E-state index contributed by atoms with van der Waals surface area (Å²) < 4.78 is 42.7. The number of oxazole rings is 1. The molecule has 0 spiro atoms. The minimum Gasteiger partial charge on any atom is -0.431 e. The van der Waals surface area contributed by atoms with Crippen LogP contribution in [0.4, 0.5) is 14.8 Å². The first-order chi connectivity index (χ1) is 17.5. The number of carbonyl (C=O) groups is 2. The molecule has 13 heteroatoms. The van der Waals surface area contributed by atoms with Gasteiger partial charge in [0.25, 0.3) is 5.91 Å². The number of anilines is 1. The molecule has 1 heterocycles. The molecule has 5 N–H and O–H groups in total. The number of aliphatic hydroxyl groups is 2. The maximum absolute atomic E-state index is 12.2. The Morgan fingerprint density at radius 1 is 1.05 bits per heavy atom. The molecule has 0 aliphatic carbocycles. The average Bonchev–Trinajstić information content (AvgIpc) is 3.29. The van der Waals surface area contributed by atoms with Gasteiger partial charge in [-0.3, -0.25) is 14.3 Å². The third-order valence-corrected chi connectivity index (χ3v) is 5.08. The molecule has 0 saturated carbocycles. The molecule has 0 radical (unpaired) electrons. The molecule has 2 aromatic carbocycles. The third-order valence-electron chi connectivity index (χ3n) is 4.62. The van der Waals surface area contributed by atoms with Gasteiger partial charge in [-0.25, -0.2) is 13.0 Å². The Bertz CT molecular complexity index is 1140. The van der Waals surface area contributed by atoms with Crippen molar-refractivity contribution >= 4 is 28.8 Å². The largest absolute Gasteiger partial charge is 0.431 e. The Hall–Kier alpha value is -3.68. The molecule has 10 nitrogen and oxygen atoms in total. The Labute approximate surface area is 214 Å². The smallest absolute Gasteiger partial charge is 0.307 e. The van der Waals surface area contributed by atoms with E-state index in [1.807, 2.05) is 30.3 Å². The van der Waals surface area contributed by atoms with Gasteiger partial charge >= 0.3 is 6.01 Å². The van der Waals surface area contributed by atoms with Gasteiger partial charge < -0.3 is 25.3 Å². The van der Waals surface area contributed by atoms with E-state index in [2.05, 4.69) is 20.3 Å². The zero-order valence-electron chi connectivity index (χ0n) is 20.1. The highest BCUT2D eigenvalue weighted by Gasteiger charge is 2.21. The van der Waals surface area contributed by atoms with Crippen molar-refractivity contribution in [1.82, 2.24) is 15.6 Å². The molecule has 0 saturated heterocycles. The van der Waals surface area contributed by atoms with Crippen molar-refractivity contribution in [3.63, 3.8) is 0 Å². The second kappa shape index (κ2) is 14.8. The van der Waals surface area contributed by atoms with Crippen LogP contribution in [-0.2, 0) is 22.3 Å². The number of nitrogens with one attached hydrogen (secondary N) is 3. The zero-order chi connectivity index (χ0) is 27.4. The molecular formula is C24H28F2N4O6S. The molecule has 3 unspecified atom stereocenters. The predicted octanol–water partition coefficient (Wildman–Crippen LogP) is 1.81. The minimum atomic E-state index is -1.40. The number of halogens is 2. The van der Waals surface area contributed by atoms with Crippen molar-refractivity contribution in [2.45, 2.75) is 32.1 Å². The van der Waals surface area contributed by atoms with E-state index in [1.165, 1.54) is 18.4 Å². The number of aliphatic hydroxyl groups excluding tert-OH is 2. The number of aromatic nitrogens is 1. The SMILES string of the molecule is CS(=O)Nc1nc(C(=O)NCC(O)C(O)CC(=O)NCc2ccccc2)co1.Cc1cc(F)cc(F)c1. The van der Waals surface area contributed by atoms with Crippen molar-refractivity contribution in [3.05, 3.63) is 83.2 Å². The minimum absolute atomic E-state index is 0.0818. The van der Waals surface area contributed by atoms with E-state index >= 15 is 0 Å². The second-order valence-electron chi connectivity index (χ2n) is 7.85. The highest BCUT2D eigenvalue weighted by Crippen LogP contribution is 2.08. The third kappa shape index (κ3) is 11.3. The first-order valence-corrected chi connectivity index (χ1v) is 12.5. The molecule has 0 fully saturated rings. The highest BCUT2D eigenvalue weighted by molar-refractivity contribution is 7.85. The quantitative estimate of drug-likeness (QED) is 0.264. The molecule has 3 rings (SSSR count). The van der Waals surface area contributed by atoms with Crippen LogP contribution in [0.25, 0.3) is 0 Å². The molecule has 2 amide bonds. The van der Waals surface area contributed by atoms with Crippen molar-refractivity contribution in [3.8, 4) is 0 Å². The van der Waals surface area contributed by atoms with Gasteiger partial charge in [0.1, 0.15) is 28.9 Å². The topological polar surface area (TPSA) is 154 Å². The lowest BCUT2D eigenvalue weighted by Gasteiger charge is -2.17. The average molecular weight is 539 g/mol. The van der Waals surface area contributed by atoms with Crippen molar-refractivity contribution in [2.24, 2.45) is 0 Å². The highest BCUT2D eigenvalue weighted by atomic mass is 32.2. The number of amides is 2. The summed E-state index contributed by atoms with van der Waals surface area (Å²) in [6, 6.07) is 12.6. The van der Waals surface area contributed by atoms with Crippen LogP contribution in [0.1, 0.15) is 28.0 Å². The second-order valence-corrected chi connectivity index (χ2v) is 8.96. The van der Waals surface area contributed by atoms with Crippen LogP contribution in [0.3, 0.4) is 0 Å². The summed E-state index contributed by atoms with van der Waals surface area (Å²) in [7, 11) is -1.40. The van der Waals surface area contributed by atoms with Gasteiger partial charge in [-0.2, -0.15) is 4.98 Å². The van der Waals surface area contributed by atoms with E-state index in [0.29, 0.717) is 12.1 Å². The summed E-state index contributed by atoms with van der Waals surface area (Å²) in [5, 5.41) is 24.9. The maximum atomic E-state index is 12.2. The van der Waals surface area contributed by atoms with Gasteiger partial charge in [-0.1, -0.05) is 30.3 Å². The van der Waals surface area contributed by atoms with E-state index in [4.69, 9.17) is 4.42 Å². The summed E-state index contributed by atoms with van der Waals surface area (Å²) in [6.07, 6.45) is -0.584. The van der Waals surface area contributed by atoms with Crippen molar-refractivity contribution < 1.29 is 37.2 Å². The number of hydrogen-bond acceptors (Lipinski definition) is 7. The fourth-order valence-electron chi connectivity index (χ4n) is 2.86. The summed E-state index contributed by atoms with van der Waals surface area (Å²) in [4.78, 5) is 27.6. The molecule has 0 aliphatic rings. The van der Waals surface area contributed by atoms with E-state index in [0.717, 1.165) is 17.9 Å². The number of aryl methyl sites for hydroxylation is 1. The number of carbonyl (C=O) groups excluding carboxylic acids is 2. The molecule has 0 aliphatic heterocycles. The van der Waals surface area contributed by atoms with Crippen molar-refractivity contribution in [1.29, 1.82) is 0 Å². The van der Waals surface area contributed by atoms with E-state index < -0.39 is 46.6 Å². The molecule has 200 valence electrons. The normalized spacial score (nSPS) is 12.9. The maximum Gasteiger partial charge on any atom is 0.307 e. The van der Waals surface area contributed by atoms with Gasteiger partial charge in [-0.15, -0.1) is 0 Å². The first kappa shape index (κ1) is 29.5.